The Morgan fingerprint density at radius 3 is 1.75 bits per heavy atom. The summed E-state index contributed by atoms with van der Waals surface area (Å²) < 4.78 is 84.2. The third-order valence-electron chi connectivity index (χ3n) is 2.64. The maximum Gasteiger partial charge on any atom is 0.200 e. The molecule has 0 spiro atoms. The summed E-state index contributed by atoms with van der Waals surface area (Å²) in [6, 6.07) is 2.45. The van der Waals surface area contributed by atoms with Crippen LogP contribution in [0, 0.1) is 34.9 Å². The van der Waals surface area contributed by atoms with Crippen LogP contribution in [0.25, 0.3) is 11.1 Å². The highest BCUT2D eigenvalue weighted by Crippen LogP contribution is 2.37. The first kappa shape index (κ1) is 14.2. The lowest BCUT2D eigenvalue weighted by Gasteiger charge is -2.12. The first-order valence-corrected chi connectivity index (χ1v) is 5.23. The second-order valence-electron chi connectivity index (χ2n) is 3.79. The molecule has 0 saturated carbocycles. The van der Waals surface area contributed by atoms with Crippen LogP contribution in [0.4, 0.5) is 26.3 Å². The highest BCUT2D eigenvalue weighted by molar-refractivity contribution is 5.71. The average molecular weight is 292 g/mol. The van der Waals surface area contributed by atoms with Crippen molar-refractivity contribution in [2.45, 2.75) is 0 Å². The number of halogens is 6. The Hall–Kier alpha value is -2.18. The molecule has 0 heterocycles. The summed E-state index contributed by atoms with van der Waals surface area (Å²) in [6.07, 6.45) is 0. The standard InChI is InChI=1S/C13H6F6O/c1-20-7-4-5(14)2-3-6(7)8-9(15)11(17)13(19)12(18)10(8)16/h2-4H,1H3. The summed E-state index contributed by atoms with van der Waals surface area (Å²) in [5.41, 5.74) is -1.61. The Kier molecular flexibility index (Phi) is 3.61. The van der Waals surface area contributed by atoms with Crippen molar-refractivity contribution >= 4 is 0 Å². The number of methoxy groups -OCH3 is 1. The zero-order chi connectivity index (χ0) is 15.0. The summed E-state index contributed by atoms with van der Waals surface area (Å²) in [5.74, 6) is -11.6. The number of rotatable bonds is 2. The minimum atomic E-state index is -2.26. The number of hydrogen-bond donors (Lipinski definition) is 0. The minimum absolute atomic E-state index is 0.354. The number of benzene rings is 2. The molecule has 0 fully saturated rings. The summed E-state index contributed by atoms with van der Waals surface area (Å²) in [7, 11) is 1.07. The normalized spacial score (nSPS) is 10.8. The van der Waals surface area contributed by atoms with Crippen LogP contribution < -0.4 is 4.74 Å². The van der Waals surface area contributed by atoms with Crippen LogP contribution in [0.15, 0.2) is 18.2 Å². The zero-order valence-corrected chi connectivity index (χ0v) is 9.91. The van der Waals surface area contributed by atoms with E-state index in [1.54, 1.807) is 0 Å². The van der Waals surface area contributed by atoms with Gasteiger partial charge < -0.3 is 4.74 Å². The maximum atomic E-state index is 13.6. The Morgan fingerprint density at radius 2 is 1.25 bits per heavy atom. The van der Waals surface area contributed by atoms with Crippen LogP contribution in [-0.2, 0) is 0 Å². The van der Waals surface area contributed by atoms with Gasteiger partial charge in [0.25, 0.3) is 0 Å². The van der Waals surface area contributed by atoms with Gasteiger partial charge >= 0.3 is 0 Å². The quantitative estimate of drug-likeness (QED) is 0.458. The molecule has 0 amide bonds. The van der Waals surface area contributed by atoms with E-state index < -0.39 is 46.0 Å². The first-order valence-electron chi connectivity index (χ1n) is 5.23. The molecular weight excluding hydrogens is 286 g/mol. The van der Waals surface area contributed by atoms with Gasteiger partial charge in [-0.15, -0.1) is 0 Å². The smallest absolute Gasteiger partial charge is 0.200 e. The summed E-state index contributed by atoms with van der Waals surface area (Å²) in [5, 5.41) is 0. The van der Waals surface area contributed by atoms with Gasteiger partial charge in [0.1, 0.15) is 11.6 Å². The minimum Gasteiger partial charge on any atom is -0.496 e. The molecule has 0 radical (unpaired) electrons. The van der Waals surface area contributed by atoms with E-state index in [-0.39, 0.29) is 5.75 Å². The van der Waals surface area contributed by atoms with Crippen molar-refractivity contribution in [3.63, 3.8) is 0 Å². The van der Waals surface area contributed by atoms with Crippen molar-refractivity contribution in [3.05, 3.63) is 53.1 Å². The molecule has 2 rings (SSSR count). The third kappa shape index (κ3) is 2.09. The molecule has 0 aliphatic carbocycles. The highest BCUT2D eigenvalue weighted by atomic mass is 19.2. The van der Waals surface area contributed by atoms with Crippen molar-refractivity contribution < 1.29 is 31.1 Å². The van der Waals surface area contributed by atoms with Crippen LogP contribution in [0.1, 0.15) is 0 Å². The number of hydrogen-bond acceptors (Lipinski definition) is 1. The molecule has 20 heavy (non-hydrogen) atoms. The second-order valence-corrected chi connectivity index (χ2v) is 3.79. The third-order valence-corrected chi connectivity index (χ3v) is 2.64. The molecule has 0 bridgehead atoms. The van der Waals surface area contributed by atoms with E-state index >= 15 is 0 Å². The molecule has 0 aliphatic heterocycles. The second kappa shape index (κ2) is 5.07. The van der Waals surface area contributed by atoms with E-state index in [0.717, 1.165) is 25.3 Å². The molecule has 0 atom stereocenters. The van der Waals surface area contributed by atoms with Gasteiger partial charge in [0.2, 0.25) is 5.82 Å². The molecule has 0 saturated heterocycles. The zero-order valence-electron chi connectivity index (χ0n) is 9.91. The Labute approximate surface area is 109 Å². The highest BCUT2D eigenvalue weighted by Gasteiger charge is 2.28. The van der Waals surface area contributed by atoms with Gasteiger partial charge in [-0.3, -0.25) is 0 Å². The fourth-order valence-corrected chi connectivity index (χ4v) is 1.71. The average Bonchev–Trinajstić information content (AvgIpc) is 2.44. The van der Waals surface area contributed by atoms with Crippen molar-refractivity contribution in [1.82, 2.24) is 0 Å². The van der Waals surface area contributed by atoms with Gasteiger partial charge in [0.15, 0.2) is 23.3 Å². The molecule has 2 aromatic rings. The van der Waals surface area contributed by atoms with Crippen molar-refractivity contribution in [3.8, 4) is 16.9 Å². The fraction of sp³-hybridized carbons (Fsp3) is 0.0769. The van der Waals surface area contributed by atoms with E-state index in [1.807, 2.05) is 0 Å². The predicted molar refractivity (Wildman–Crippen MR) is 58.2 cm³/mol. The summed E-state index contributed by atoms with van der Waals surface area (Å²) in [6.45, 7) is 0. The Balaban J connectivity index is 2.83. The Morgan fingerprint density at radius 1 is 0.750 bits per heavy atom. The molecule has 7 heteroatoms. The lowest BCUT2D eigenvalue weighted by Crippen LogP contribution is -2.05. The molecule has 106 valence electrons. The molecule has 0 aliphatic rings. The summed E-state index contributed by atoms with van der Waals surface area (Å²) in [4.78, 5) is 0. The Bertz CT molecular complexity index is 654. The van der Waals surface area contributed by atoms with Crippen LogP contribution >= 0.6 is 0 Å². The topological polar surface area (TPSA) is 9.23 Å². The van der Waals surface area contributed by atoms with Crippen molar-refractivity contribution in [2.24, 2.45) is 0 Å². The van der Waals surface area contributed by atoms with Crippen LogP contribution in [0.2, 0.25) is 0 Å². The van der Waals surface area contributed by atoms with Crippen molar-refractivity contribution in [2.75, 3.05) is 7.11 Å². The first-order chi connectivity index (χ1) is 9.38. The fourth-order valence-electron chi connectivity index (χ4n) is 1.71. The number of ether oxygens (including phenoxy) is 1. The van der Waals surface area contributed by atoms with E-state index in [4.69, 9.17) is 0 Å². The van der Waals surface area contributed by atoms with Crippen LogP contribution in [0.3, 0.4) is 0 Å². The van der Waals surface area contributed by atoms with E-state index in [9.17, 15) is 26.3 Å². The van der Waals surface area contributed by atoms with Gasteiger partial charge in [-0.1, -0.05) is 0 Å². The molecule has 0 N–H and O–H groups in total. The molecule has 1 nitrogen and oxygen atoms in total. The molecule has 2 aromatic carbocycles. The summed E-state index contributed by atoms with van der Waals surface area (Å²) >= 11 is 0. The monoisotopic (exact) mass is 292 g/mol. The van der Waals surface area contributed by atoms with Gasteiger partial charge in [0, 0.05) is 11.6 Å². The SMILES string of the molecule is COc1cc(F)ccc1-c1c(F)c(F)c(F)c(F)c1F. The molecule has 0 aromatic heterocycles. The largest absolute Gasteiger partial charge is 0.496 e. The van der Waals surface area contributed by atoms with Gasteiger partial charge in [-0.25, -0.2) is 26.3 Å². The van der Waals surface area contributed by atoms with E-state index in [1.165, 1.54) is 0 Å². The van der Waals surface area contributed by atoms with Gasteiger partial charge in [-0.2, -0.15) is 0 Å². The molecule has 0 unspecified atom stereocenters. The predicted octanol–water partition coefficient (Wildman–Crippen LogP) is 4.20. The van der Waals surface area contributed by atoms with Crippen molar-refractivity contribution in [1.29, 1.82) is 0 Å². The lowest BCUT2D eigenvalue weighted by molar-refractivity contribution is 0.379. The van der Waals surface area contributed by atoms with Crippen LogP contribution in [0.5, 0.6) is 5.75 Å². The van der Waals surface area contributed by atoms with Gasteiger partial charge in [-0.05, 0) is 12.1 Å². The molecular formula is C13H6F6O. The maximum absolute atomic E-state index is 13.6. The van der Waals surface area contributed by atoms with Gasteiger partial charge in [0.05, 0.1) is 12.7 Å². The van der Waals surface area contributed by atoms with Crippen LogP contribution in [-0.4, -0.2) is 7.11 Å². The van der Waals surface area contributed by atoms with E-state index in [0.29, 0.717) is 0 Å². The lowest BCUT2D eigenvalue weighted by atomic mass is 10.0. The van der Waals surface area contributed by atoms with E-state index in [2.05, 4.69) is 4.74 Å².